The second-order valence-corrected chi connectivity index (χ2v) is 7.61. The highest BCUT2D eigenvalue weighted by atomic mass is 31.1. The highest BCUT2D eigenvalue weighted by molar-refractivity contribution is 7.40. The van der Waals surface area contributed by atoms with Crippen LogP contribution in [0.1, 0.15) is 13.8 Å². The summed E-state index contributed by atoms with van der Waals surface area (Å²) < 4.78 is 21.4. The van der Waals surface area contributed by atoms with Gasteiger partial charge in [-0.3, -0.25) is 0 Å². The van der Waals surface area contributed by atoms with Gasteiger partial charge in [-0.1, -0.05) is 13.8 Å². The molecular weight excluding hydrogens is 179 g/mol. The van der Waals surface area contributed by atoms with E-state index in [1.807, 2.05) is 13.8 Å². The number of hydrogen-bond acceptors (Lipinski definition) is 3. The smallest absolute Gasteiger partial charge is 0.395 e. The molecule has 0 aromatic carbocycles. The third-order valence-electron chi connectivity index (χ3n) is 1.74. The number of rotatable bonds is 5. The van der Waals surface area contributed by atoms with Gasteiger partial charge in [-0.15, -0.1) is 0 Å². The average Bonchev–Trinajstić information content (AvgIpc) is 2.00. The lowest BCUT2D eigenvalue weighted by atomic mass is 10.9. The summed E-state index contributed by atoms with van der Waals surface area (Å²) in [6.45, 7) is 5.59. The van der Waals surface area contributed by atoms with Gasteiger partial charge >= 0.3 is 16.6 Å². The van der Waals surface area contributed by atoms with Crippen molar-refractivity contribution in [2.24, 2.45) is 0 Å². The van der Waals surface area contributed by atoms with Gasteiger partial charge in [0.2, 0.25) is 0 Å². The Labute approximate surface area is 70.2 Å². The molecule has 11 heavy (non-hydrogen) atoms. The van der Waals surface area contributed by atoms with E-state index in [0.29, 0.717) is 0 Å². The molecule has 66 valence electrons. The van der Waals surface area contributed by atoms with Crippen molar-refractivity contribution in [3.8, 4) is 0 Å². The Morgan fingerprint density at radius 2 is 1.82 bits per heavy atom. The van der Waals surface area contributed by atoms with Gasteiger partial charge in [0.1, 0.15) is 0 Å². The molecule has 0 fully saturated rings. The van der Waals surface area contributed by atoms with Crippen molar-refractivity contribution in [1.29, 1.82) is 0 Å². The van der Waals surface area contributed by atoms with Crippen LogP contribution in [-0.4, -0.2) is 22.3 Å². The predicted molar refractivity (Wildman–Crippen MR) is 48.3 cm³/mol. The van der Waals surface area contributed by atoms with Crippen molar-refractivity contribution < 1.29 is 13.2 Å². The van der Waals surface area contributed by atoms with Crippen LogP contribution in [-0.2, 0) is 13.2 Å². The molecule has 0 saturated heterocycles. The Bertz CT molecular complexity index is 128. The SMILES string of the molecule is CC[Si](CC)(OC)O[P+](C)=O. The molecule has 0 aromatic heterocycles. The van der Waals surface area contributed by atoms with Gasteiger partial charge in [0.15, 0.2) is 6.66 Å². The van der Waals surface area contributed by atoms with Crippen LogP contribution in [0.3, 0.4) is 0 Å². The first-order chi connectivity index (χ1) is 5.10. The largest absolute Gasteiger partial charge is 0.495 e. The van der Waals surface area contributed by atoms with Crippen LogP contribution in [0.25, 0.3) is 0 Å². The lowest BCUT2D eigenvalue weighted by molar-refractivity contribution is 0.305. The van der Waals surface area contributed by atoms with E-state index in [-0.39, 0.29) is 0 Å². The highest BCUT2D eigenvalue weighted by Gasteiger charge is 2.40. The van der Waals surface area contributed by atoms with Crippen molar-refractivity contribution in [1.82, 2.24) is 0 Å². The van der Waals surface area contributed by atoms with Crippen molar-refractivity contribution >= 4 is 16.6 Å². The van der Waals surface area contributed by atoms with Crippen LogP contribution in [0, 0.1) is 0 Å². The molecule has 0 aromatic rings. The molecule has 1 unspecified atom stereocenters. The van der Waals surface area contributed by atoms with E-state index in [2.05, 4.69) is 0 Å². The standard InChI is InChI=1S/C6H16O3PSi/c1-5-11(6-2,8-3)9-10(4)7/h5-6H2,1-4H3/q+1. The zero-order valence-electron chi connectivity index (χ0n) is 7.59. The minimum absolute atomic E-state index is 0.856. The van der Waals surface area contributed by atoms with Crippen molar-refractivity contribution in [3.63, 3.8) is 0 Å². The van der Waals surface area contributed by atoms with Gasteiger partial charge in [-0.05, 0) is 16.7 Å². The summed E-state index contributed by atoms with van der Waals surface area (Å²) in [5, 5.41) is 0. The molecule has 0 aliphatic carbocycles. The molecule has 0 rings (SSSR count). The lowest BCUT2D eigenvalue weighted by Gasteiger charge is -2.18. The van der Waals surface area contributed by atoms with Gasteiger partial charge in [0.05, 0.1) is 0 Å². The van der Waals surface area contributed by atoms with E-state index >= 15 is 0 Å². The van der Waals surface area contributed by atoms with E-state index in [9.17, 15) is 4.57 Å². The quantitative estimate of drug-likeness (QED) is 0.499. The first-order valence-electron chi connectivity index (χ1n) is 3.75. The summed E-state index contributed by atoms with van der Waals surface area (Å²) in [6.07, 6.45) is 0. The van der Waals surface area contributed by atoms with Crippen LogP contribution in [0.2, 0.25) is 12.1 Å². The second-order valence-electron chi connectivity index (χ2n) is 2.35. The van der Waals surface area contributed by atoms with Gasteiger partial charge < -0.3 is 4.43 Å². The number of hydrogen-bond donors (Lipinski definition) is 0. The zero-order chi connectivity index (χ0) is 8.91. The summed E-state index contributed by atoms with van der Waals surface area (Å²) in [7, 11) is -1.95. The Morgan fingerprint density at radius 3 is 1.91 bits per heavy atom. The third kappa shape index (κ3) is 3.43. The van der Waals surface area contributed by atoms with E-state index in [1.165, 1.54) is 0 Å². The summed E-state index contributed by atoms with van der Waals surface area (Å²) in [5.74, 6) is 0. The van der Waals surface area contributed by atoms with E-state index in [1.54, 1.807) is 13.8 Å². The molecular formula is C6H16O3PSi+. The van der Waals surface area contributed by atoms with Gasteiger partial charge in [-0.25, -0.2) is 0 Å². The molecule has 5 heteroatoms. The van der Waals surface area contributed by atoms with Gasteiger partial charge in [0.25, 0.3) is 0 Å². The zero-order valence-corrected chi connectivity index (χ0v) is 9.48. The molecule has 0 spiro atoms. The molecule has 0 saturated carbocycles. The molecule has 0 N–H and O–H groups in total. The Balaban J connectivity index is 4.16. The molecule has 1 atom stereocenters. The van der Waals surface area contributed by atoms with Gasteiger partial charge in [0, 0.05) is 7.11 Å². The normalized spacial score (nSPS) is 13.3. The summed E-state index contributed by atoms with van der Waals surface area (Å²) >= 11 is 0. The first kappa shape index (κ1) is 11.2. The maximum absolute atomic E-state index is 10.8. The molecule has 0 aliphatic heterocycles. The summed E-state index contributed by atoms with van der Waals surface area (Å²) in [4.78, 5) is 0. The third-order valence-corrected chi connectivity index (χ3v) is 7.00. The Morgan fingerprint density at radius 1 is 1.36 bits per heavy atom. The topological polar surface area (TPSA) is 35.5 Å². The van der Waals surface area contributed by atoms with E-state index in [0.717, 1.165) is 12.1 Å². The monoisotopic (exact) mass is 195 g/mol. The summed E-state index contributed by atoms with van der Waals surface area (Å²) in [5.41, 5.74) is 0. The van der Waals surface area contributed by atoms with E-state index in [4.69, 9.17) is 8.64 Å². The minimum Gasteiger partial charge on any atom is -0.395 e. The van der Waals surface area contributed by atoms with Gasteiger partial charge in [-0.2, -0.15) is 4.21 Å². The maximum atomic E-state index is 10.8. The Kier molecular flexibility index (Phi) is 5.09. The Hall–Kier alpha value is 0.237. The van der Waals surface area contributed by atoms with Crippen molar-refractivity contribution in [2.45, 2.75) is 25.9 Å². The molecule has 0 bridgehead atoms. The van der Waals surface area contributed by atoms with Crippen LogP contribution in [0.4, 0.5) is 0 Å². The lowest BCUT2D eigenvalue weighted by Crippen LogP contribution is -2.37. The minimum atomic E-state index is -2.06. The fraction of sp³-hybridized carbons (Fsp3) is 1.00. The van der Waals surface area contributed by atoms with Crippen LogP contribution < -0.4 is 0 Å². The fourth-order valence-electron chi connectivity index (χ4n) is 0.939. The summed E-state index contributed by atoms with van der Waals surface area (Å²) in [6, 6.07) is 1.71. The molecule has 0 heterocycles. The van der Waals surface area contributed by atoms with Crippen LogP contribution >= 0.6 is 8.03 Å². The maximum Gasteiger partial charge on any atom is 0.495 e. The predicted octanol–water partition coefficient (Wildman–Crippen LogP) is 2.50. The van der Waals surface area contributed by atoms with Crippen LogP contribution in [0.15, 0.2) is 0 Å². The highest BCUT2D eigenvalue weighted by Crippen LogP contribution is 2.29. The average molecular weight is 195 g/mol. The fourth-order valence-corrected chi connectivity index (χ4v) is 5.22. The molecule has 3 nitrogen and oxygen atoms in total. The van der Waals surface area contributed by atoms with Crippen molar-refractivity contribution in [3.05, 3.63) is 0 Å². The second kappa shape index (κ2) is 4.98. The van der Waals surface area contributed by atoms with E-state index < -0.39 is 16.6 Å². The van der Waals surface area contributed by atoms with Crippen molar-refractivity contribution in [2.75, 3.05) is 13.8 Å². The van der Waals surface area contributed by atoms with Crippen LogP contribution in [0.5, 0.6) is 0 Å². The molecule has 0 amide bonds. The molecule has 0 radical (unpaired) electrons. The first-order valence-corrected chi connectivity index (χ1v) is 7.61. The molecule has 0 aliphatic rings.